The molecule has 3 aromatic carbocycles. The van der Waals surface area contributed by atoms with E-state index in [2.05, 4.69) is 70.9 Å². The number of piperidine rings is 1. The van der Waals surface area contributed by atoms with Gasteiger partial charge in [0, 0.05) is 23.4 Å². The molecule has 3 aromatic rings. The number of esters is 2. The molecule has 0 radical (unpaired) electrons. The van der Waals surface area contributed by atoms with E-state index in [4.69, 9.17) is 32.7 Å². The Balaban J connectivity index is 1.25. The molecule has 1 unspecified atom stereocenters. The fourth-order valence-electron chi connectivity index (χ4n) is 6.65. The minimum absolute atomic E-state index is 0.0108. The number of hydrogen-bond acceptors (Lipinski definition) is 6. The fraction of sp³-hybridized carbons (Fsp3) is 0.333. The van der Waals surface area contributed by atoms with Crippen LogP contribution >= 0.6 is 23.2 Å². The molecular formula is C36H38Cl2N2O4. The summed E-state index contributed by atoms with van der Waals surface area (Å²) in [4.78, 5) is 29.0. The number of ether oxygens (including phenoxy) is 2. The standard InChI is InChI=1S/C36H38Cl2N2O4/c1-24-30(34(41)43-3)32(28-16-10-17-29(37)33(28)38)31(25(2)39-24)35(42)44-23-11-20-40-21-18-36(19-22-40,26-12-6-4-7-13-26)27-14-8-5-9-15-27/h4-10,12-17,32,39H,11,18-23H2,1-3H3. The number of benzene rings is 3. The van der Waals surface area contributed by atoms with Crippen molar-refractivity contribution in [3.05, 3.63) is 128 Å². The van der Waals surface area contributed by atoms with Crippen molar-refractivity contribution in [3.63, 3.8) is 0 Å². The van der Waals surface area contributed by atoms with Crippen LogP contribution in [-0.2, 0) is 24.5 Å². The van der Waals surface area contributed by atoms with Crippen LogP contribution in [0.4, 0.5) is 0 Å². The number of halogens is 2. The molecule has 1 atom stereocenters. The number of carbonyl (C=O) groups is 2. The summed E-state index contributed by atoms with van der Waals surface area (Å²) in [6.45, 7) is 6.53. The number of hydrogen-bond donors (Lipinski definition) is 1. The SMILES string of the molecule is COC(=O)C1=C(C)NC(C)=C(C(=O)OCCCN2CCC(c3ccccc3)(c3ccccc3)CC2)C1c1cccc(Cl)c1Cl. The van der Waals surface area contributed by atoms with Gasteiger partial charge in [0.2, 0.25) is 0 Å². The van der Waals surface area contributed by atoms with Crippen molar-refractivity contribution in [2.75, 3.05) is 33.4 Å². The first kappa shape index (κ1) is 31.8. The topological polar surface area (TPSA) is 67.9 Å². The summed E-state index contributed by atoms with van der Waals surface area (Å²) in [6, 6.07) is 26.8. The van der Waals surface area contributed by atoms with Crippen LogP contribution in [0, 0.1) is 0 Å². The molecule has 2 aliphatic heterocycles. The average molecular weight is 634 g/mol. The first-order valence-electron chi connectivity index (χ1n) is 15.0. The number of nitrogens with zero attached hydrogens (tertiary/aromatic N) is 1. The lowest BCUT2D eigenvalue weighted by molar-refractivity contribution is -0.139. The normalized spacial score (nSPS) is 18.5. The molecule has 2 heterocycles. The number of likely N-dealkylation sites (tertiary alicyclic amines) is 1. The zero-order chi connectivity index (χ0) is 31.3. The van der Waals surface area contributed by atoms with Gasteiger partial charge < -0.3 is 19.7 Å². The third-order valence-corrected chi connectivity index (χ3v) is 9.73. The number of nitrogens with one attached hydrogen (secondary N) is 1. The lowest BCUT2D eigenvalue weighted by Crippen LogP contribution is -2.43. The van der Waals surface area contributed by atoms with Gasteiger partial charge in [-0.25, -0.2) is 9.59 Å². The van der Waals surface area contributed by atoms with Crippen LogP contribution in [0.5, 0.6) is 0 Å². The molecule has 5 rings (SSSR count). The van der Waals surface area contributed by atoms with Crippen LogP contribution < -0.4 is 5.32 Å². The molecule has 0 spiro atoms. The summed E-state index contributed by atoms with van der Waals surface area (Å²) in [5.74, 6) is -1.84. The van der Waals surface area contributed by atoms with Crippen molar-refractivity contribution >= 4 is 35.1 Å². The van der Waals surface area contributed by atoms with Crippen LogP contribution in [0.3, 0.4) is 0 Å². The van der Waals surface area contributed by atoms with Crippen LogP contribution in [0.15, 0.2) is 101 Å². The van der Waals surface area contributed by atoms with Crippen LogP contribution in [0.1, 0.15) is 55.7 Å². The molecule has 8 heteroatoms. The van der Waals surface area contributed by atoms with Gasteiger partial charge in [0.1, 0.15) is 0 Å². The number of rotatable bonds is 9. The van der Waals surface area contributed by atoms with E-state index in [0.717, 1.165) is 32.5 Å². The minimum Gasteiger partial charge on any atom is -0.466 e. The van der Waals surface area contributed by atoms with E-state index in [1.807, 2.05) is 0 Å². The molecular weight excluding hydrogens is 595 g/mol. The molecule has 1 N–H and O–H groups in total. The first-order chi connectivity index (χ1) is 21.3. The second-order valence-electron chi connectivity index (χ2n) is 11.4. The Kier molecular flexibility index (Phi) is 10.1. The maximum Gasteiger partial charge on any atom is 0.336 e. The molecule has 0 aliphatic carbocycles. The minimum atomic E-state index is -0.784. The molecule has 6 nitrogen and oxygen atoms in total. The molecule has 2 aliphatic rings. The number of dihydropyridines is 1. The van der Waals surface area contributed by atoms with E-state index >= 15 is 0 Å². The quantitative estimate of drug-likeness (QED) is 0.196. The predicted octanol–water partition coefficient (Wildman–Crippen LogP) is 7.42. The summed E-state index contributed by atoms with van der Waals surface area (Å²) in [5, 5.41) is 3.77. The van der Waals surface area contributed by atoms with Gasteiger partial charge in [-0.15, -0.1) is 0 Å². The van der Waals surface area contributed by atoms with Gasteiger partial charge in [-0.1, -0.05) is 96.0 Å². The zero-order valence-electron chi connectivity index (χ0n) is 25.4. The third-order valence-electron chi connectivity index (χ3n) is 8.89. The van der Waals surface area contributed by atoms with Gasteiger partial charge in [-0.3, -0.25) is 0 Å². The summed E-state index contributed by atoms with van der Waals surface area (Å²) in [6.07, 6.45) is 2.72. The van der Waals surface area contributed by atoms with Gasteiger partial charge >= 0.3 is 11.9 Å². The highest BCUT2D eigenvalue weighted by Gasteiger charge is 2.40. The number of allylic oxidation sites excluding steroid dienone is 2. The monoisotopic (exact) mass is 632 g/mol. The Morgan fingerprint density at radius 1 is 0.841 bits per heavy atom. The Bertz CT molecular complexity index is 1520. The Morgan fingerprint density at radius 3 is 1.98 bits per heavy atom. The largest absolute Gasteiger partial charge is 0.466 e. The maximum absolute atomic E-state index is 13.6. The van der Waals surface area contributed by atoms with Crippen molar-refractivity contribution < 1.29 is 19.1 Å². The van der Waals surface area contributed by atoms with E-state index in [-0.39, 0.29) is 17.0 Å². The second kappa shape index (κ2) is 14.0. The average Bonchev–Trinajstić information content (AvgIpc) is 3.05. The lowest BCUT2D eigenvalue weighted by atomic mass is 9.68. The smallest absolute Gasteiger partial charge is 0.336 e. The second-order valence-corrected chi connectivity index (χ2v) is 12.2. The highest BCUT2D eigenvalue weighted by Crippen LogP contribution is 2.44. The predicted molar refractivity (Wildman–Crippen MR) is 175 cm³/mol. The molecule has 0 bridgehead atoms. The molecule has 1 saturated heterocycles. The molecule has 0 saturated carbocycles. The van der Waals surface area contributed by atoms with Crippen molar-refractivity contribution in [1.82, 2.24) is 10.2 Å². The van der Waals surface area contributed by atoms with E-state index < -0.39 is 17.9 Å². The summed E-state index contributed by atoms with van der Waals surface area (Å²) >= 11 is 12.9. The van der Waals surface area contributed by atoms with Crippen molar-refractivity contribution in [1.29, 1.82) is 0 Å². The summed E-state index contributed by atoms with van der Waals surface area (Å²) in [7, 11) is 1.31. The van der Waals surface area contributed by atoms with Crippen molar-refractivity contribution in [2.24, 2.45) is 0 Å². The highest BCUT2D eigenvalue weighted by molar-refractivity contribution is 6.42. The Morgan fingerprint density at radius 2 is 1.41 bits per heavy atom. The zero-order valence-corrected chi connectivity index (χ0v) is 26.9. The molecule has 1 fully saturated rings. The highest BCUT2D eigenvalue weighted by atomic mass is 35.5. The molecule has 230 valence electrons. The fourth-order valence-corrected chi connectivity index (χ4v) is 7.06. The van der Waals surface area contributed by atoms with Gasteiger partial charge in [-0.2, -0.15) is 0 Å². The van der Waals surface area contributed by atoms with E-state index in [9.17, 15) is 9.59 Å². The van der Waals surface area contributed by atoms with E-state index in [0.29, 0.717) is 39.5 Å². The van der Waals surface area contributed by atoms with Crippen LogP contribution in [0.2, 0.25) is 10.0 Å². The molecule has 44 heavy (non-hydrogen) atoms. The lowest BCUT2D eigenvalue weighted by Gasteiger charge is -2.43. The Hall–Kier alpha value is -3.58. The van der Waals surface area contributed by atoms with Crippen LogP contribution in [0.25, 0.3) is 0 Å². The first-order valence-corrected chi connectivity index (χ1v) is 15.7. The van der Waals surface area contributed by atoms with E-state index in [1.165, 1.54) is 18.2 Å². The van der Waals surface area contributed by atoms with Gasteiger partial charge in [0.15, 0.2) is 0 Å². The van der Waals surface area contributed by atoms with Crippen molar-refractivity contribution in [3.8, 4) is 0 Å². The molecule has 0 amide bonds. The van der Waals surface area contributed by atoms with Gasteiger partial charge in [0.05, 0.1) is 40.8 Å². The van der Waals surface area contributed by atoms with Gasteiger partial charge in [-0.05, 0) is 69.0 Å². The third kappa shape index (κ3) is 6.44. The number of carbonyl (C=O) groups excluding carboxylic acids is 2. The molecule has 0 aromatic heterocycles. The summed E-state index contributed by atoms with van der Waals surface area (Å²) < 4.78 is 10.9. The van der Waals surface area contributed by atoms with Gasteiger partial charge in [0.25, 0.3) is 0 Å². The maximum atomic E-state index is 13.6. The number of methoxy groups -OCH3 is 1. The summed E-state index contributed by atoms with van der Waals surface area (Å²) in [5.41, 5.74) is 5.03. The van der Waals surface area contributed by atoms with E-state index in [1.54, 1.807) is 32.0 Å². The Labute approximate surface area is 269 Å². The van der Waals surface area contributed by atoms with Crippen molar-refractivity contribution in [2.45, 2.75) is 44.4 Å². The van der Waals surface area contributed by atoms with Crippen LogP contribution in [-0.4, -0.2) is 50.2 Å².